The topological polar surface area (TPSA) is 49.9 Å². The summed E-state index contributed by atoms with van der Waals surface area (Å²) in [6.45, 7) is 7.40. The van der Waals surface area contributed by atoms with Crippen LogP contribution in [-0.4, -0.2) is 47.9 Å². The Bertz CT molecular complexity index is 1190. The third-order valence-electron chi connectivity index (χ3n) is 6.58. The van der Waals surface area contributed by atoms with E-state index in [0.29, 0.717) is 32.0 Å². The molecular weight excluding hydrogens is 475 g/mol. The summed E-state index contributed by atoms with van der Waals surface area (Å²) in [5.74, 6) is 0.00326. The minimum absolute atomic E-state index is 0.0118. The van der Waals surface area contributed by atoms with E-state index in [1.165, 1.54) is 27.5 Å². The van der Waals surface area contributed by atoms with Crippen LogP contribution in [0, 0.1) is 5.82 Å². The van der Waals surface area contributed by atoms with Crippen molar-refractivity contribution in [2.45, 2.75) is 45.6 Å². The summed E-state index contributed by atoms with van der Waals surface area (Å²) in [5, 5.41) is 2.05. The van der Waals surface area contributed by atoms with Crippen molar-refractivity contribution in [3.63, 3.8) is 0 Å². The number of ether oxygens (including phenoxy) is 1. The summed E-state index contributed by atoms with van der Waals surface area (Å²) in [4.78, 5) is 31.2. The molecule has 0 radical (unpaired) electrons. The highest BCUT2D eigenvalue weighted by Crippen LogP contribution is 2.34. The van der Waals surface area contributed by atoms with Crippen LogP contribution in [0.5, 0.6) is 5.75 Å². The predicted molar refractivity (Wildman–Crippen MR) is 141 cm³/mol. The number of hydrogen-bond acceptors (Lipinski definition) is 4. The van der Waals surface area contributed by atoms with Crippen molar-refractivity contribution < 1.29 is 18.7 Å². The van der Waals surface area contributed by atoms with Gasteiger partial charge in [-0.1, -0.05) is 45.0 Å². The Morgan fingerprint density at radius 2 is 1.89 bits per heavy atom. The summed E-state index contributed by atoms with van der Waals surface area (Å²) in [6.07, 6.45) is 1.44. The summed E-state index contributed by atoms with van der Waals surface area (Å²) >= 11 is 1.70. The van der Waals surface area contributed by atoms with E-state index in [2.05, 4.69) is 32.0 Å². The van der Waals surface area contributed by atoms with Gasteiger partial charge in [0, 0.05) is 18.0 Å². The number of halogens is 1. The number of benzene rings is 2. The van der Waals surface area contributed by atoms with Crippen LogP contribution in [-0.2, 0) is 11.2 Å². The molecule has 1 atom stereocenters. The molecule has 0 spiro atoms. The second-order valence-corrected chi connectivity index (χ2v) is 10.4. The molecule has 0 fully saturated rings. The average molecular weight is 509 g/mol. The van der Waals surface area contributed by atoms with Gasteiger partial charge in [0.15, 0.2) is 0 Å². The molecule has 0 N–H and O–H groups in total. The lowest BCUT2D eigenvalue weighted by Gasteiger charge is -2.37. The van der Waals surface area contributed by atoms with Gasteiger partial charge in [-0.25, -0.2) is 4.39 Å². The molecule has 7 heteroatoms. The van der Waals surface area contributed by atoms with Crippen LogP contribution in [0.3, 0.4) is 0 Å². The fraction of sp³-hybridized carbons (Fsp3) is 0.379. The zero-order chi connectivity index (χ0) is 25.7. The molecule has 2 heterocycles. The molecule has 0 aliphatic carbocycles. The number of carbonyl (C=O) groups is 2. The lowest BCUT2D eigenvalue weighted by molar-refractivity contribution is -0.135. The molecule has 2 amide bonds. The van der Waals surface area contributed by atoms with Crippen LogP contribution in [0.2, 0.25) is 0 Å². The summed E-state index contributed by atoms with van der Waals surface area (Å²) in [7, 11) is 0. The molecule has 4 rings (SSSR count). The normalized spacial score (nSPS) is 15.0. The van der Waals surface area contributed by atoms with Gasteiger partial charge in [-0.05, 0) is 65.6 Å². The van der Waals surface area contributed by atoms with Crippen molar-refractivity contribution in [1.29, 1.82) is 0 Å². The van der Waals surface area contributed by atoms with Gasteiger partial charge in [-0.2, -0.15) is 0 Å². The molecule has 1 aromatic heterocycles. The Kier molecular flexibility index (Phi) is 8.41. The summed E-state index contributed by atoms with van der Waals surface area (Å²) in [6, 6.07) is 15.8. The highest BCUT2D eigenvalue weighted by Gasteiger charge is 2.33. The van der Waals surface area contributed by atoms with Gasteiger partial charge in [0.25, 0.3) is 5.91 Å². The molecule has 190 valence electrons. The van der Waals surface area contributed by atoms with Crippen molar-refractivity contribution in [3.05, 3.63) is 87.4 Å². The SMILES string of the molecule is CCCN(CC(=O)N1CCc2sccc2C1COc1ccc(C(C)C)cc1)C(=O)c1ccccc1F. The Morgan fingerprint density at radius 3 is 2.58 bits per heavy atom. The van der Waals surface area contributed by atoms with Crippen LogP contribution < -0.4 is 4.74 Å². The molecule has 5 nitrogen and oxygen atoms in total. The van der Waals surface area contributed by atoms with Crippen molar-refractivity contribution in [2.24, 2.45) is 0 Å². The van der Waals surface area contributed by atoms with Gasteiger partial charge >= 0.3 is 0 Å². The predicted octanol–water partition coefficient (Wildman–Crippen LogP) is 6.07. The van der Waals surface area contributed by atoms with Gasteiger partial charge < -0.3 is 14.5 Å². The van der Waals surface area contributed by atoms with Crippen molar-refractivity contribution in [3.8, 4) is 5.75 Å². The quantitative estimate of drug-likeness (QED) is 0.353. The second kappa shape index (κ2) is 11.7. The van der Waals surface area contributed by atoms with Crippen molar-refractivity contribution in [2.75, 3.05) is 26.2 Å². The first-order chi connectivity index (χ1) is 17.4. The Balaban J connectivity index is 1.51. The fourth-order valence-electron chi connectivity index (χ4n) is 4.58. The van der Waals surface area contributed by atoms with Crippen LogP contribution in [0.1, 0.15) is 65.5 Å². The number of fused-ring (bicyclic) bond motifs is 1. The van der Waals surface area contributed by atoms with E-state index in [4.69, 9.17) is 4.74 Å². The number of hydrogen-bond donors (Lipinski definition) is 0. The highest BCUT2D eigenvalue weighted by molar-refractivity contribution is 7.10. The van der Waals surface area contributed by atoms with E-state index in [1.807, 2.05) is 29.3 Å². The lowest BCUT2D eigenvalue weighted by Crippen LogP contribution is -2.48. The van der Waals surface area contributed by atoms with Crippen LogP contribution in [0.4, 0.5) is 4.39 Å². The zero-order valence-electron chi connectivity index (χ0n) is 21.1. The molecule has 2 aromatic carbocycles. The third-order valence-corrected chi connectivity index (χ3v) is 7.58. The second-order valence-electron chi connectivity index (χ2n) is 9.39. The van der Waals surface area contributed by atoms with Crippen LogP contribution in [0.25, 0.3) is 0 Å². The van der Waals surface area contributed by atoms with Crippen molar-refractivity contribution >= 4 is 23.2 Å². The smallest absolute Gasteiger partial charge is 0.257 e. The number of carbonyl (C=O) groups excluding carboxylic acids is 2. The maximum atomic E-state index is 14.3. The first-order valence-electron chi connectivity index (χ1n) is 12.5. The Hall–Kier alpha value is -3.19. The van der Waals surface area contributed by atoms with E-state index < -0.39 is 11.7 Å². The molecule has 36 heavy (non-hydrogen) atoms. The van der Waals surface area contributed by atoms with Gasteiger partial charge in [0.1, 0.15) is 24.7 Å². The van der Waals surface area contributed by atoms with Gasteiger partial charge in [-0.15, -0.1) is 11.3 Å². The molecule has 3 aromatic rings. The maximum Gasteiger partial charge on any atom is 0.257 e. The fourth-order valence-corrected chi connectivity index (χ4v) is 5.51. The lowest BCUT2D eigenvalue weighted by atomic mass is 10.00. The van der Waals surface area contributed by atoms with Crippen molar-refractivity contribution in [1.82, 2.24) is 9.80 Å². The molecule has 0 saturated carbocycles. The number of amides is 2. The van der Waals surface area contributed by atoms with E-state index in [-0.39, 0.29) is 24.1 Å². The number of nitrogens with zero attached hydrogens (tertiary/aromatic N) is 2. The van der Waals surface area contributed by atoms with Gasteiger partial charge in [-0.3, -0.25) is 9.59 Å². The first kappa shape index (κ1) is 25.9. The van der Waals surface area contributed by atoms with Gasteiger partial charge in [0.2, 0.25) is 5.91 Å². The molecule has 0 bridgehead atoms. The van der Waals surface area contributed by atoms with E-state index in [9.17, 15) is 14.0 Å². The van der Waals surface area contributed by atoms with Crippen LogP contribution >= 0.6 is 11.3 Å². The Morgan fingerprint density at radius 1 is 1.14 bits per heavy atom. The minimum Gasteiger partial charge on any atom is -0.491 e. The first-order valence-corrected chi connectivity index (χ1v) is 13.4. The maximum absolute atomic E-state index is 14.3. The zero-order valence-corrected chi connectivity index (χ0v) is 21.9. The molecule has 1 aliphatic rings. The van der Waals surface area contributed by atoms with E-state index >= 15 is 0 Å². The van der Waals surface area contributed by atoms with E-state index in [1.54, 1.807) is 23.5 Å². The molecular formula is C29H33FN2O3S. The summed E-state index contributed by atoms with van der Waals surface area (Å²) in [5.41, 5.74) is 2.33. The monoisotopic (exact) mass is 508 g/mol. The molecule has 1 aliphatic heterocycles. The molecule has 1 unspecified atom stereocenters. The largest absolute Gasteiger partial charge is 0.491 e. The van der Waals surface area contributed by atoms with Gasteiger partial charge in [0.05, 0.1) is 11.6 Å². The average Bonchev–Trinajstić information content (AvgIpc) is 3.36. The van der Waals surface area contributed by atoms with Crippen LogP contribution in [0.15, 0.2) is 60.0 Å². The Labute approximate surface area is 216 Å². The van der Waals surface area contributed by atoms with E-state index in [0.717, 1.165) is 17.7 Å². The number of rotatable bonds is 9. The summed E-state index contributed by atoms with van der Waals surface area (Å²) < 4.78 is 20.4. The minimum atomic E-state index is -0.577. The highest BCUT2D eigenvalue weighted by atomic mass is 32.1. The molecule has 0 saturated heterocycles. The number of thiophene rings is 1. The standard InChI is InChI=1S/C29H33FN2O3S/c1-4-15-31(29(34)23-7-5-6-8-25(23)30)18-28(33)32-16-13-27-24(14-17-36-27)26(32)19-35-22-11-9-21(10-12-22)20(2)3/h5-12,14,17,20,26H,4,13,15-16,18-19H2,1-3H3. The third kappa shape index (κ3) is 5.78.